The first-order chi connectivity index (χ1) is 17.0. The summed E-state index contributed by atoms with van der Waals surface area (Å²) < 4.78 is 10.6. The number of rotatable bonds is 9. The van der Waals surface area contributed by atoms with Crippen molar-refractivity contribution in [3.63, 3.8) is 0 Å². The van der Waals surface area contributed by atoms with Crippen LogP contribution in [0, 0.1) is 0 Å². The van der Waals surface area contributed by atoms with Gasteiger partial charge in [-0.15, -0.1) is 0 Å². The van der Waals surface area contributed by atoms with E-state index in [2.05, 4.69) is 64.6 Å². The van der Waals surface area contributed by atoms with Crippen LogP contribution in [0.2, 0.25) is 0 Å². The Labute approximate surface area is 205 Å². The van der Waals surface area contributed by atoms with Gasteiger partial charge in [-0.2, -0.15) is 0 Å². The van der Waals surface area contributed by atoms with Crippen molar-refractivity contribution in [2.45, 2.75) is 13.1 Å². The van der Waals surface area contributed by atoms with Crippen LogP contribution in [-0.2, 0) is 17.9 Å². The molecule has 4 aromatic rings. The van der Waals surface area contributed by atoms with Crippen LogP contribution in [0.5, 0.6) is 11.5 Å². The Balaban J connectivity index is 1.47. The molecule has 35 heavy (non-hydrogen) atoms. The maximum atomic E-state index is 12.5. The van der Waals surface area contributed by atoms with Crippen molar-refractivity contribution in [3.05, 3.63) is 83.7 Å². The first kappa shape index (κ1) is 24.0. The maximum Gasteiger partial charge on any atom is 0.244 e. The quantitative estimate of drug-likeness (QED) is 0.349. The van der Waals surface area contributed by atoms with Gasteiger partial charge in [0.15, 0.2) is 11.5 Å². The number of methoxy groups -OCH3 is 2. The molecular formula is C28H30N4O3. The van der Waals surface area contributed by atoms with Gasteiger partial charge in [0.05, 0.1) is 14.2 Å². The SMILES string of the molecule is COc1ccc(CNC(=O)/C=C/c2c[nH]c3ncc(-c4cccc(CN(C)C)c4)cc23)cc1OC. The topological polar surface area (TPSA) is 79.5 Å². The Kier molecular flexibility index (Phi) is 7.48. The number of benzene rings is 2. The number of H-pyrrole nitrogens is 1. The van der Waals surface area contributed by atoms with Crippen molar-refractivity contribution < 1.29 is 14.3 Å². The monoisotopic (exact) mass is 470 g/mol. The third-order valence-corrected chi connectivity index (χ3v) is 5.65. The molecular weight excluding hydrogens is 440 g/mol. The molecule has 0 atom stereocenters. The van der Waals surface area contributed by atoms with E-state index in [1.807, 2.05) is 30.6 Å². The molecule has 180 valence electrons. The molecule has 2 aromatic carbocycles. The number of nitrogens with zero attached hydrogens (tertiary/aromatic N) is 2. The highest BCUT2D eigenvalue weighted by atomic mass is 16.5. The number of carbonyl (C=O) groups is 1. The summed E-state index contributed by atoms with van der Waals surface area (Å²) in [5, 5.41) is 3.87. The third-order valence-electron chi connectivity index (χ3n) is 5.65. The number of carbonyl (C=O) groups excluding carboxylic acids is 1. The molecule has 7 nitrogen and oxygen atoms in total. The normalized spacial score (nSPS) is 11.3. The van der Waals surface area contributed by atoms with Gasteiger partial charge in [0.25, 0.3) is 0 Å². The first-order valence-electron chi connectivity index (χ1n) is 11.3. The van der Waals surface area contributed by atoms with Crippen LogP contribution < -0.4 is 14.8 Å². The van der Waals surface area contributed by atoms with E-state index >= 15 is 0 Å². The minimum Gasteiger partial charge on any atom is -0.493 e. The Morgan fingerprint density at radius 1 is 1.03 bits per heavy atom. The number of amides is 1. The Morgan fingerprint density at radius 2 is 1.86 bits per heavy atom. The van der Waals surface area contributed by atoms with E-state index in [0.717, 1.165) is 39.8 Å². The zero-order valence-electron chi connectivity index (χ0n) is 20.5. The minimum absolute atomic E-state index is 0.186. The molecule has 0 radical (unpaired) electrons. The van der Waals surface area contributed by atoms with Gasteiger partial charge < -0.3 is 24.7 Å². The molecule has 0 aliphatic heterocycles. The summed E-state index contributed by atoms with van der Waals surface area (Å²) in [6.45, 7) is 1.26. The molecule has 4 rings (SSSR count). The number of hydrogen-bond donors (Lipinski definition) is 2. The Hall–Kier alpha value is -4.10. The van der Waals surface area contributed by atoms with Crippen LogP contribution in [0.4, 0.5) is 0 Å². The van der Waals surface area contributed by atoms with Crippen LogP contribution in [0.15, 0.2) is 67.0 Å². The lowest BCUT2D eigenvalue weighted by molar-refractivity contribution is -0.116. The molecule has 0 unspecified atom stereocenters. The lowest BCUT2D eigenvalue weighted by atomic mass is 10.0. The second-order valence-electron chi connectivity index (χ2n) is 8.54. The Morgan fingerprint density at radius 3 is 2.63 bits per heavy atom. The number of fused-ring (bicyclic) bond motifs is 1. The molecule has 0 aliphatic rings. The van der Waals surface area contributed by atoms with Crippen LogP contribution in [0.25, 0.3) is 28.2 Å². The van der Waals surface area contributed by atoms with Gasteiger partial charge in [-0.05, 0) is 61.1 Å². The molecule has 0 spiro atoms. The molecule has 1 amide bonds. The van der Waals surface area contributed by atoms with Crippen LogP contribution >= 0.6 is 0 Å². The van der Waals surface area contributed by atoms with Gasteiger partial charge in [-0.3, -0.25) is 4.79 Å². The number of nitrogens with one attached hydrogen (secondary N) is 2. The Bertz CT molecular complexity index is 1360. The van der Waals surface area contributed by atoms with Crippen LogP contribution in [0.3, 0.4) is 0 Å². The summed E-state index contributed by atoms with van der Waals surface area (Å²) in [5.74, 6) is 1.10. The van der Waals surface area contributed by atoms with Gasteiger partial charge in [0.1, 0.15) is 5.65 Å². The highest BCUT2D eigenvalue weighted by Gasteiger charge is 2.08. The number of aromatic amines is 1. The minimum atomic E-state index is -0.186. The van der Waals surface area contributed by atoms with Crippen molar-refractivity contribution >= 4 is 23.0 Å². The van der Waals surface area contributed by atoms with E-state index < -0.39 is 0 Å². The molecule has 7 heteroatoms. The number of hydrogen-bond acceptors (Lipinski definition) is 5. The average Bonchev–Trinajstić information content (AvgIpc) is 3.28. The molecule has 0 saturated carbocycles. The summed E-state index contributed by atoms with van der Waals surface area (Å²) in [7, 11) is 7.30. The van der Waals surface area contributed by atoms with Crippen molar-refractivity contribution in [1.29, 1.82) is 0 Å². The number of ether oxygens (including phenoxy) is 2. The van der Waals surface area contributed by atoms with Gasteiger partial charge in [0.2, 0.25) is 5.91 Å². The third kappa shape index (κ3) is 5.88. The second-order valence-corrected chi connectivity index (χ2v) is 8.54. The van der Waals surface area contributed by atoms with Crippen molar-refractivity contribution in [1.82, 2.24) is 20.2 Å². The molecule has 0 aliphatic carbocycles. The van der Waals surface area contributed by atoms with Crippen LogP contribution in [-0.4, -0.2) is 49.1 Å². The summed E-state index contributed by atoms with van der Waals surface area (Å²) in [6, 6.07) is 16.1. The van der Waals surface area contributed by atoms with E-state index in [1.54, 1.807) is 20.3 Å². The fourth-order valence-corrected chi connectivity index (χ4v) is 3.94. The van der Waals surface area contributed by atoms with Crippen molar-refractivity contribution in [2.75, 3.05) is 28.3 Å². The fourth-order valence-electron chi connectivity index (χ4n) is 3.94. The molecule has 0 bridgehead atoms. The molecule has 0 saturated heterocycles. The summed E-state index contributed by atoms with van der Waals surface area (Å²) >= 11 is 0. The van der Waals surface area contributed by atoms with Crippen LogP contribution in [0.1, 0.15) is 16.7 Å². The summed E-state index contributed by atoms with van der Waals surface area (Å²) in [6.07, 6.45) is 7.07. The van der Waals surface area contributed by atoms with Gasteiger partial charge >= 0.3 is 0 Å². The summed E-state index contributed by atoms with van der Waals surface area (Å²) in [5.41, 5.74) is 5.99. The van der Waals surface area contributed by atoms with Gasteiger partial charge in [0, 0.05) is 48.1 Å². The van der Waals surface area contributed by atoms with E-state index in [4.69, 9.17) is 9.47 Å². The smallest absolute Gasteiger partial charge is 0.244 e. The number of aromatic nitrogens is 2. The van der Waals surface area contributed by atoms with E-state index in [1.165, 1.54) is 11.6 Å². The fraction of sp³-hybridized carbons (Fsp3) is 0.214. The highest BCUT2D eigenvalue weighted by molar-refractivity contribution is 5.96. The molecule has 2 heterocycles. The van der Waals surface area contributed by atoms with Gasteiger partial charge in [-0.1, -0.05) is 24.3 Å². The van der Waals surface area contributed by atoms with Gasteiger partial charge in [-0.25, -0.2) is 4.98 Å². The lowest BCUT2D eigenvalue weighted by Crippen LogP contribution is -2.20. The maximum absolute atomic E-state index is 12.5. The van der Waals surface area contributed by atoms with E-state index in [0.29, 0.717) is 18.0 Å². The predicted molar refractivity (Wildman–Crippen MR) is 139 cm³/mol. The molecule has 0 fully saturated rings. The summed E-state index contributed by atoms with van der Waals surface area (Å²) in [4.78, 5) is 22.4. The van der Waals surface area contributed by atoms with Crippen molar-refractivity contribution in [2.24, 2.45) is 0 Å². The number of pyridine rings is 1. The lowest BCUT2D eigenvalue weighted by Gasteiger charge is -2.11. The largest absolute Gasteiger partial charge is 0.493 e. The standard InChI is InChI=1S/C28H30N4O3/c1-32(2)18-20-6-5-7-21(12-20)23-14-24-22(16-30-28(24)31-17-23)9-11-27(33)29-15-19-8-10-25(34-3)26(13-19)35-4/h5-14,16-17H,15,18H2,1-4H3,(H,29,33)(H,30,31)/b11-9+. The van der Waals surface area contributed by atoms with E-state index in [-0.39, 0.29) is 5.91 Å². The predicted octanol–water partition coefficient (Wildman–Crippen LogP) is 4.64. The molecule has 2 N–H and O–H groups in total. The highest BCUT2D eigenvalue weighted by Crippen LogP contribution is 2.28. The second kappa shape index (κ2) is 10.9. The first-order valence-corrected chi connectivity index (χ1v) is 11.3. The van der Waals surface area contributed by atoms with Crippen molar-refractivity contribution in [3.8, 4) is 22.6 Å². The molecule has 2 aromatic heterocycles. The zero-order valence-corrected chi connectivity index (χ0v) is 20.5. The van der Waals surface area contributed by atoms with E-state index in [9.17, 15) is 4.79 Å². The average molecular weight is 471 g/mol. The zero-order chi connectivity index (χ0) is 24.8.